The molecule has 188 valence electrons. The second-order valence-electron chi connectivity index (χ2n) is 8.59. The summed E-state index contributed by atoms with van der Waals surface area (Å²) in [4.78, 5) is 40.3. The number of rotatable bonds is 7. The number of halogens is 2. The largest absolute Gasteiger partial charge is 0.395 e. The van der Waals surface area contributed by atoms with Crippen LogP contribution < -0.4 is 21.7 Å². The predicted octanol–water partition coefficient (Wildman–Crippen LogP) is 3.94. The third-order valence-electron chi connectivity index (χ3n) is 6.12. The second kappa shape index (κ2) is 10.8. The molecule has 5 N–H and O–H groups in total. The first-order chi connectivity index (χ1) is 17.3. The zero-order valence-corrected chi connectivity index (χ0v) is 20.1. The smallest absolute Gasteiger partial charge is 0.273 e. The fraction of sp³-hybridized carbons (Fsp3) is 0.280. The topological polar surface area (TPSA) is 131 Å². The third kappa shape index (κ3) is 5.35. The maximum Gasteiger partial charge on any atom is 0.273 e. The minimum absolute atomic E-state index is 0.0747. The number of hydrogen-bond donors (Lipinski definition) is 3. The maximum atomic E-state index is 13.9. The molecular weight excluding hydrogens is 488 g/mol. The van der Waals surface area contributed by atoms with Crippen molar-refractivity contribution in [2.75, 3.05) is 10.6 Å². The highest BCUT2D eigenvalue weighted by molar-refractivity contribution is 7.09. The summed E-state index contributed by atoms with van der Waals surface area (Å²) in [6, 6.07) is 8.89. The van der Waals surface area contributed by atoms with Crippen molar-refractivity contribution in [3.8, 4) is 0 Å². The molecule has 0 spiro atoms. The first-order valence-electron chi connectivity index (χ1n) is 11.5. The van der Waals surface area contributed by atoms with Gasteiger partial charge in [0.1, 0.15) is 22.6 Å². The van der Waals surface area contributed by atoms with E-state index in [9.17, 15) is 23.2 Å². The molecule has 1 atom stereocenters. The molecule has 11 heteroatoms. The highest BCUT2D eigenvalue weighted by Crippen LogP contribution is 2.34. The Morgan fingerprint density at radius 2 is 1.56 bits per heavy atom. The molecular formula is C25H25F2N5O3S. The summed E-state index contributed by atoms with van der Waals surface area (Å²) in [5, 5.41) is 3.02. The normalized spacial score (nSPS) is 14.7. The molecule has 2 aromatic carbocycles. The average molecular weight is 514 g/mol. The van der Waals surface area contributed by atoms with Crippen LogP contribution in [0.25, 0.3) is 0 Å². The predicted molar refractivity (Wildman–Crippen MR) is 132 cm³/mol. The van der Waals surface area contributed by atoms with Gasteiger partial charge in [-0.2, -0.15) is 4.37 Å². The highest BCUT2D eigenvalue weighted by atomic mass is 32.1. The van der Waals surface area contributed by atoms with Gasteiger partial charge in [-0.3, -0.25) is 19.3 Å². The van der Waals surface area contributed by atoms with Crippen molar-refractivity contribution in [2.24, 2.45) is 5.73 Å². The number of carbonyl (C=O) groups is 3. The number of nitrogens with zero attached hydrogens (tertiary/aromatic N) is 2. The molecule has 0 saturated heterocycles. The van der Waals surface area contributed by atoms with E-state index in [0.29, 0.717) is 17.1 Å². The molecule has 1 aromatic heterocycles. The van der Waals surface area contributed by atoms with Gasteiger partial charge in [0.15, 0.2) is 5.69 Å². The molecule has 1 aliphatic rings. The summed E-state index contributed by atoms with van der Waals surface area (Å²) >= 11 is 0.668. The zero-order chi connectivity index (χ0) is 25.8. The lowest BCUT2D eigenvalue weighted by Crippen LogP contribution is -2.47. The molecule has 1 aliphatic carbocycles. The molecule has 1 heterocycles. The van der Waals surface area contributed by atoms with Gasteiger partial charge in [0.25, 0.3) is 11.8 Å². The lowest BCUT2D eigenvalue weighted by Gasteiger charge is -2.33. The first-order valence-corrected chi connectivity index (χ1v) is 12.2. The SMILES string of the molecule is NC(=O)c1nsc(C(=O)N(c2ccc(F)cc2)C(C(=O)NC2CCCCC2)c2ccc(F)cc2)c1N. The Morgan fingerprint density at radius 1 is 0.972 bits per heavy atom. The number of amides is 3. The van der Waals surface area contributed by atoms with E-state index in [1.165, 1.54) is 36.4 Å². The highest BCUT2D eigenvalue weighted by Gasteiger charge is 2.37. The van der Waals surface area contributed by atoms with Crippen LogP contribution in [0.1, 0.15) is 63.9 Å². The van der Waals surface area contributed by atoms with Crippen LogP contribution in [0.15, 0.2) is 48.5 Å². The quantitative estimate of drug-likeness (QED) is 0.440. The van der Waals surface area contributed by atoms with E-state index >= 15 is 0 Å². The minimum atomic E-state index is -1.25. The number of benzene rings is 2. The Bertz CT molecular complexity index is 1260. The number of nitrogen functional groups attached to an aromatic ring is 1. The van der Waals surface area contributed by atoms with Gasteiger partial charge in [-0.25, -0.2) is 8.78 Å². The standard InChI is InChI=1S/C25H25F2N5O3S/c26-15-8-6-14(7-9-15)21(24(34)30-17-4-2-1-3-5-17)32(18-12-10-16(27)11-13-18)25(35)22-19(28)20(23(29)33)31-36-22/h6-13,17,21H,1-5,28H2,(H2,29,33)(H,30,34). The van der Waals surface area contributed by atoms with E-state index in [1.54, 1.807) is 0 Å². The van der Waals surface area contributed by atoms with Crippen LogP contribution in [-0.4, -0.2) is 28.1 Å². The number of hydrogen-bond acceptors (Lipinski definition) is 6. The van der Waals surface area contributed by atoms with Crippen LogP contribution in [-0.2, 0) is 4.79 Å². The molecule has 4 rings (SSSR count). The van der Waals surface area contributed by atoms with Crippen molar-refractivity contribution in [3.05, 3.63) is 76.3 Å². The Kier molecular flexibility index (Phi) is 7.58. The van der Waals surface area contributed by atoms with Crippen LogP contribution in [0.3, 0.4) is 0 Å². The van der Waals surface area contributed by atoms with Gasteiger partial charge in [0, 0.05) is 11.7 Å². The van der Waals surface area contributed by atoms with Crippen molar-refractivity contribution in [2.45, 2.75) is 44.2 Å². The van der Waals surface area contributed by atoms with E-state index in [2.05, 4.69) is 9.69 Å². The van der Waals surface area contributed by atoms with Gasteiger partial charge < -0.3 is 16.8 Å². The van der Waals surface area contributed by atoms with Gasteiger partial charge in [0.2, 0.25) is 5.91 Å². The molecule has 0 bridgehead atoms. The number of nitrogens with one attached hydrogen (secondary N) is 1. The van der Waals surface area contributed by atoms with Crippen molar-refractivity contribution in [3.63, 3.8) is 0 Å². The van der Waals surface area contributed by atoms with E-state index in [0.717, 1.165) is 49.1 Å². The van der Waals surface area contributed by atoms with Crippen molar-refractivity contribution < 1.29 is 23.2 Å². The molecule has 1 fully saturated rings. The van der Waals surface area contributed by atoms with Gasteiger partial charge in [-0.1, -0.05) is 31.4 Å². The third-order valence-corrected chi connectivity index (χ3v) is 6.97. The van der Waals surface area contributed by atoms with E-state index < -0.39 is 35.4 Å². The van der Waals surface area contributed by atoms with Crippen LogP contribution in [0.5, 0.6) is 0 Å². The molecule has 0 aliphatic heterocycles. The summed E-state index contributed by atoms with van der Waals surface area (Å²) in [7, 11) is 0. The molecule has 1 unspecified atom stereocenters. The average Bonchev–Trinajstić information content (AvgIpc) is 3.26. The Labute approximate surface area is 210 Å². The number of nitrogens with two attached hydrogens (primary N) is 2. The van der Waals surface area contributed by atoms with Crippen molar-refractivity contribution in [1.82, 2.24) is 9.69 Å². The van der Waals surface area contributed by atoms with Crippen LogP contribution in [0.4, 0.5) is 20.2 Å². The van der Waals surface area contributed by atoms with E-state index in [1.807, 2.05) is 0 Å². The maximum absolute atomic E-state index is 13.9. The Balaban J connectivity index is 1.83. The molecule has 3 amide bonds. The van der Waals surface area contributed by atoms with Crippen LogP contribution in [0, 0.1) is 11.6 Å². The van der Waals surface area contributed by atoms with Crippen molar-refractivity contribution >= 4 is 40.6 Å². The van der Waals surface area contributed by atoms with Gasteiger partial charge in [0.05, 0.1) is 5.69 Å². The number of carbonyl (C=O) groups excluding carboxylic acids is 3. The Hall–Kier alpha value is -3.86. The minimum Gasteiger partial charge on any atom is -0.395 e. The zero-order valence-electron chi connectivity index (χ0n) is 19.2. The van der Waals surface area contributed by atoms with Gasteiger partial charge in [-0.05, 0) is 66.3 Å². The Morgan fingerprint density at radius 3 is 2.11 bits per heavy atom. The second-order valence-corrected chi connectivity index (χ2v) is 9.36. The molecule has 3 aromatic rings. The number of anilines is 2. The van der Waals surface area contributed by atoms with E-state index in [-0.39, 0.29) is 28.0 Å². The van der Waals surface area contributed by atoms with Crippen LogP contribution in [0.2, 0.25) is 0 Å². The number of primary amides is 1. The van der Waals surface area contributed by atoms with Gasteiger partial charge >= 0.3 is 0 Å². The fourth-order valence-corrected chi connectivity index (χ4v) is 5.06. The van der Waals surface area contributed by atoms with Crippen LogP contribution >= 0.6 is 11.5 Å². The summed E-state index contributed by atoms with van der Waals surface area (Å²) in [6.45, 7) is 0. The summed E-state index contributed by atoms with van der Waals surface area (Å²) in [6.07, 6.45) is 4.63. The van der Waals surface area contributed by atoms with E-state index in [4.69, 9.17) is 11.5 Å². The first kappa shape index (κ1) is 25.2. The monoisotopic (exact) mass is 513 g/mol. The summed E-state index contributed by atoms with van der Waals surface area (Å²) < 4.78 is 31.4. The lowest BCUT2D eigenvalue weighted by atomic mass is 9.94. The van der Waals surface area contributed by atoms with Crippen molar-refractivity contribution in [1.29, 1.82) is 0 Å². The summed E-state index contributed by atoms with van der Waals surface area (Å²) in [5.41, 5.74) is 11.4. The molecule has 1 saturated carbocycles. The fourth-order valence-electron chi connectivity index (χ4n) is 4.31. The summed E-state index contributed by atoms with van der Waals surface area (Å²) in [5.74, 6) is -3.17. The molecule has 8 nitrogen and oxygen atoms in total. The number of aromatic nitrogens is 1. The van der Waals surface area contributed by atoms with Gasteiger partial charge in [-0.15, -0.1) is 0 Å². The molecule has 0 radical (unpaired) electrons. The lowest BCUT2D eigenvalue weighted by molar-refractivity contribution is -0.123. The molecule has 36 heavy (non-hydrogen) atoms.